The second-order valence-corrected chi connectivity index (χ2v) is 3.47. The quantitative estimate of drug-likeness (QED) is 0.280. The number of allylic oxidation sites excluding steroid dienone is 2. The highest BCUT2D eigenvalue weighted by atomic mass is 19.1. The molecule has 0 radical (unpaired) electrons. The molecular weight excluding hydrogens is 253 g/mol. The van der Waals surface area contributed by atoms with Crippen LogP contribution in [0, 0.1) is 5.82 Å². The standard InChI is InChI=1S/C13H12FNO4/c1-3-11(16)12(17)8(2)13(18)15-19-10-6-4-9(14)5-7-10/h3-7,16H,2H2,1H3,(H,15,18). The van der Waals surface area contributed by atoms with Crippen LogP contribution in [-0.4, -0.2) is 16.8 Å². The molecule has 0 aliphatic heterocycles. The van der Waals surface area contributed by atoms with Gasteiger partial charge in [-0.2, -0.15) is 5.48 Å². The molecule has 0 atom stereocenters. The van der Waals surface area contributed by atoms with Crippen LogP contribution in [-0.2, 0) is 9.59 Å². The zero-order valence-electron chi connectivity index (χ0n) is 10.1. The monoisotopic (exact) mass is 265 g/mol. The van der Waals surface area contributed by atoms with Crippen molar-refractivity contribution < 1.29 is 23.9 Å². The molecule has 19 heavy (non-hydrogen) atoms. The van der Waals surface area contributed by atoms with E-state index in [4.69, 9.17) is 9.94 Å². The number of hydroxylamine groups is 1. The van der Waals surface area contributed by atoms with E-state index in [-0.39, 0.29) is 5.75 Å². The Kier molecular flexibility index (Phi) is 4.82. The zero-order valence-corrected chi connectivity index (χ0v) is 10.1. The SMILES string of the molecule is C=C(C(=O)NOc1ccc(F)cc1)C(=O)C(O)=CC. The van der Waals surface area contributed by atoms with Gasteiger partial charge in [-0.25, -0.2) is 4.39 Å². The van der Waals surface area contributed by atoms with Gasteiger partial charge in [0.2, 0.25) is 5.78 Å². The lowest BCUT2D eigenvalue weighted by Gasteiger charge is -2.07. The van der Waals surface area contributed by atoms with Crippen LogP contribution in [0.4, 0.5) is 4.39 Å². The summed E-state index contributed by atoms with van der Waals surface area (Å²) in [6, 6.07) is 4.88. The van der Waals surface area contributed by atoms with Gasteiger partial charge < -0.3 is 9.94 Å². The maximum absolute atomic E-state index is 12.6. The number of Topliss-reactive ketones (excluding diaryl/α,β-unsaturated/α-hetero) is 1. The van der Waals surface area contributed by atoms with Gasteiger partial charge in [0, 0.05) is 0 Å². The van der Waals surface area contributed by atoms with Crippen molar-refractivity contribution in [3.63, 3.8) is 0 Å². The van der Waals surface area contributed by atoms with Crippen LogP contribution < -0.4 is 10.3 Å². The predicted octanol–water partition coefficient (Wildman–Crippen LogP) is 1.82. The van der Waals surface area contributed by atoms with Gasteiger partial charge in [0.15, 0.2) is 11.5 Å². The van der Waals surface area contributed by atoms with Crippen molar-refractivity contribution in [2.45, 2.75) is 6.92 Å². The molecule has 0 aliphatic carbocycles. The predicted molar refractivity (Wildman–Crippen MR) is 65.7 cm³/mol. The van der Waals surface area contributed by atoms with Gasteiger partial charge >= 0.3 is 0 Å². The molecule has 0 fully saturated rings. The van der Waals surface area contributed by atoms with Crippen LogP contribution in [0.15, 0.2) is 48.3 Å². The van der Waals surface area contributed by atoms with E-state index in [1.54, 1.807) is 0 Å². The summed E-state index contributed by atoms with van der Waals surface area (Å²) in [5, 5.41) is 9.15. The molecule has 100 valence electrons. The average molecular weight is 265 g/mol. The largest absolute Gasteiger partial charge is 0.504 e. The third-order valence-corrected chi connectivity index (χ3v) is 2.13. The number of aliphatic hydroxyl groups is 1. The fraction of sp³-hybridized carbons (Fsp3) is 0.0769. The van der Waals surface area contributed by atoms with E-state index in [0.29, 0.717) is 0 Å². The minimum atomic E-state index is -0.900. The van der Waals surface area contributed by atoms with E-state index in [2.05, 4.69) is 6.58 Å². The van der Waals surface area contributed by atoms with Crippen molar-refractivity contribution in [1.29, 1.82) is 0 Å². The van der Waals surface area contributed by atoms with Crippen LogP contribution in [0.25, 0.3) is 0 Å². The average Bonchev–Trinajstić information content (AvgIpc) is 2.43. The van der Waals surface area contributed by atoms with Gasteiger partial charge in [0.1, 0.15) is 5.82 Å². The molecule has 1 amide bonds. The molecule has 0 unspecified atom stereocenters. The first-order valence-electron chi connectivity index (χ1n) is 5.27. The third-order valence-electron chi connectivity index (χ3n) is 2.13. The van der Waals surface area contributed by atoms with Gasteiger partial charge in [0.05, 0.1) is 5.57 Å². The van der Waals surface area contributed by atoms with Gasteiger partial charge in [-0.3, -0.25) is 9.59 Å². The molecular formula is C13H12FNO4. The van der Waals surface area contributed by atoms with E-state index < -0.39 is 28.8 Å². The number of carbonyl (C=O) groups excluding carboxylic acids is 2. The first kappa shape index (κ1) is 14.4. The molecule has 6 heteroatoms. The smallest absolute Gasteiger partial charge is 0.287 e. The van der Waals surface area contributed by atoms with Gasteiger partial charge in [-0.1, -0.05) is 6.58 Å². The number of aliphatic hydroxyl groups excluding tert-OH is 1. The minimum absolute atomic E-state index is 0.185. The summed E-state index contributed by atoms with van der Waals surface area (Å²) in [5.41, 5.74) is 1.48. The number of rotatable bonds is 5. The number of hydrogen-bond donors (Lipinski definition) is 2. The Balaban J connectivity index is 2.58. The van der Waals surface area contributed by atoms with E-state index in [9.17, 15) is 14.0 Å². The second kappa shape index (κ2) is 6.34. The molecule has 0 aromatic heterocycles. The van der Waals surface area contributed by atoms with Crippen molar-refractivity contribution in [2.75, 3.05) is 0 Å². The van der Waals surface area contributed by atoms with Crippen molar-refractivity contribution in [2.24, 2.45) is 0 Å². The lowest BCUT2D eigenvalue weighted by atomic mass is 10.1. The number of halogens is 1. The number of ketones is 1. The lowest BCUT2D eigenvalue weighted by Crippen LogP contribution is -2.31. The molecule has 1 aromatic rings. The minimum Gasteiger partial charge on any atom is -0.504 e. The molecule has 1 rings (SSSR count). The summed E-state index contributed by atoms with van der Waals surface area (Å²) in [4.78, 5) is 27.7. The first-order valence-corrected chi connectivity index (χ1v) is 5.27. The van der Waals surface area contributed by atoms with E-state index >= 15 is 0 Å². The highest BCUT2D eigenvalue weighted by molar-refractivity contribution is 6.23. The number of benzene rings is 1. The van der Waals surface area contributed by atoms with Crippen molar-refractivity contribution in [1.82, 2.24) is 5.48 Å². The molecule has 0 saturated carbocycles. The van der Waals surface area contributed by atoms with Crippen LogP contribution in [0.1, 0.15) is 6.92 Å². The van der Waals surface area contributed by atoms with Gasteiger partial charge in [-0.15, -0.1) is 0 Å². The number of hydrogen-bond acceptors (Lipinski definition) is 4. The van der Waals surface area contributed by atoms with Gasteiger partial charge in [0.25, 0.3) is 5.91 Å². The Morgan fingerprint density at radius 3 is 2.47 bits per heavy atom. The maximum atomic E-state index is 12.6. The molecule has 2 N–H and O–H groups in total. The number of nitrogens with one attached hydrogen (secondary N) is 1. The van der Waals surface area contributed by atoms with Crippen molar-refractivity contribution in [3.05, 3.63) is 54.1 Å². The second-order valence-electron chi connectivity index (χ2n) is 3.47. The van der Waals surface area contributed by atoms with E-state index in [1.807, 2.05) is 5.48 Å². The van der Waals surface area contributed by atoms with Crippen LogP contribution >= 0.6 is 0 Å². The molecule has 0 spiro atoms. The summed E-state index contributed by atoms with van der Waals surface area (Å²) >= 11 is 0. The summed E-state index contributed by atoms with van der Waals surface area (Å²) < 4.78 is 12.6. The molecule has 5 nitrogen and oxygen atoms in total. The van der Waals surface area contributed by atoms with Crippen LogP contribution in [0.2, 0.25) is 0 Å². The Bertz CT molecular complexity index is 534. The Labute approximate surface area is 109 Å². The number of carbonyl (C=O) groups is 2. The first-order chi connectivity index (χ1) is 8.95. The maximum Gasteiger partial charge on any atom is 0.287 e. The molecule has 0 saturated heterocycles. The third kappa shape index (κ3) is 3.95. The van der Waals surface area contributed by atoms with Crippen LogP contribution in [0.5, 0.6) is 5.75 Å². The molecule has 0 bridgehead atoms. The van der Waals surface area contributed by atoms with Gasteiger partial charge in [-0.05, 0) is 37.3 Å². The normalized spacial score (nSPS) is 10.7. The topological polar surface area (TPSA) is 75.6 Å². The molecule has 0 aliphatic rings. The van der Waals surface area contributed by atoms with Crippen LogP contribution in [0.3, 0.4) is 0 Å². The fourth-order valence-electron chi connectivity index (χ4n) is 1.06. The molecule has 0 heterocycles. The number of amides is 1. The van der Waals surface area contributed by atoms with Crippen molar-refractivity contribution >= 4 is 11.7 Å². The lowest BCUT2D eigenvalue weighted by molar-refractivity contribution is -0.126. The highest BCUT2D eigenvalue weighted by Gasteiger charge is 2.19. The Morgan fingerprint density at radius 2 is 1.95 bits per heavy atom. The van der Waals surface area contributed by atoms with Crippen molar-refractivity contribution in [3.8, 4) is 5.75 Å². The Morgan fingerprint density at radius 1 is 1.37 bits per heavy atom. The summed E-state index contributed by atoms with van der Waals surface area (Å²) in [6.45, 7) is 4.69. The Hall–Kier alpha value is -2.63. The fourth-order valence-corrected chi connectivity index (χ4v) is 1.06. The highest BCUT2D eigenvalue weighted by Crippen LogP contribution is 2.10. The summed E-state index contributed by atoms with van der Waals surface area (Å²) in [6.07, 6.45) is 1.14. The van der Waals surface area contributed by atoms with E-state index in [1.165, 1.54) is 19.1 Å². The summed E-state index contributed by atoms with van der Waals surface area (Å²) in [7, 11) is 0. The molecule has 1 aromatic carbocycles. The van der Waals surface area contributed by atoms with E-state index in [0.717, 1.165) is 18.2 Å². The zero-order chi connectivity index (χ0) is 14.4. The summed E-state index contributed by atoms with van der Waals surface area (Å²) in [5.74, 6) is -2.64.